The fourth-order valence-corrected chi connectivity index (χ4v) is 0.935. The Bertz CT molecular complexity index is 219. The molecule has 0 unspecified atom stereocenters. The van der Waals surface area contributed by atoms with Gasteiger partial charge in [-0.2, -0.15) is 0 Å². The van der Waals surface area contributed by atoms with Gasteiger partial charge in [-0.1, -0.05) is 32.1 Å². The highest BCUT2D eigenvalue weighted by Crippen LogP contribution is 2.22. The zero-order valence-corrected chi connectivity index (χ0v) is 7.29. The fourth-order valence-electron chi connectivity index (χ4n) is 0.935. The molecule has 0 radical (unpaired) electrons. The molecule has 0 aromatic rings. The molecule has 0 atom stereocenters. The van der Waals surface area contributed by atoms with Crippen LogP contribution in [0.4, 0.5) is 0 Å². The van der Waals surface area contributed by atoms with Gasteiger partial charge in [0.05, 0.1) is 7.11 Å². The van der Waals surface area contributed by atoms with E-state index in [1.165, 1.54) is 0 Å². The van der Waals surface area contributed by atoms with Crippen molar-refractivity contribution in [1.82, 2.24) is 0 Å². The van der Waals surface area contributed by atoms with E-state index in [9.17, 15) is 0 Å². The zero-order chi connectivity index (χ0) is 8.32. The van der Waals surface area contributed by atoms with Gasteiger partial charge in [-0.15, -0.1) is 0 Å². The van der Waals surface area contributed by atoms with Crippen molar-refractivity contribution >= 4 is 0 Å². The van der Waals surface area contributed by atoms with Gasteiger partial charge in [0.2, 0.25) is 0 Å². The number of ether oxygens (including phenoxy) is 1. The molecule has 0 spiro atoms. The van der Waals surface area contributed by atoms with Crippen molar-refractivity contribution in [3.8, 4) is 0 Å². The molecule has 0 N–H and O–H groups in total. The molecule has 1 aliphatic rings. The molecule has 0 amide bonds. The van der Waals surface area contributed by atoms with Crippen LogP contribution in [0.3, 0.4) is 0 Å². The molecule has 0 bridgehead atoms. The minimum Gasteiger partial charge on any atom is -0.497 e. The van der Waals surface area contributed by atoms with Gasteiger partial charge in [0.1, 0.15) is 5.76 Å². The Morgan fingerprint density at radius 1 is 1.27 bits per heavy atom. The second kappa shape index (κ2) is 2.95. The van der Waals surface area contributed by atoms with Crippen LogP contribution in [0.1, 0.15) is 13.8 Å². The molecule has 1 rings (SSSR count). The molecule has 60 valence electrons. The Hall–Kier alpha value is -0.980. The second-order valence-corrected chi connectivity index (χ2v) is 3.29. The molecular formula is C10H14O. The molecule has 0 heterocycles. The van der Waals surface area contributed by atoms with Crippen molar-refractivity contribution in [2.45, 2.75) is 13.8 Å². The Morgan fingerprint density at radius 3 is 2.64 bits per heavy atom. The molecule has 0 fully saturated rings. The molecule has 11 heavy (non-hydrogen) atoms. The van der Waals surface area contributed by atoms with Crippen LogP contribution in [0.25, 0.3) is 0 Å². The summed E-state index contributed by atoms with van der Waals surface area (Å²) in [5, 5.41) is 0. The SMILES string of the molecule is COC1=CC=CC(C)(C)C=C1. The van der Waals surface area contributed by atoms with E-state index in [2.05, 4.69) is 26.0 Å². The van der Waals surface area contributed by atoms with Crippen LogP contribution in [-0.4, -0.2) is 7.11 Å². The smallest absolute Gasteiger partial charge is 0.118 e. The summed E-state index contributed by atoms with van der Waals surface area (Å²) in [5.74, 6) is 0.909. The summed E-state index contributed by atoms with van der Waals surface area (Å²) in [5.41, 5.74) is 0.150. The van der Waals surface area contributed by atoms with E-state index in [1.807, 2.05) is 18.2 Å². The van der Waals surface area contributed by atoms with Crippen LogP contribution in [0.15, 0.2) is 36.1 Å². The molecular weight excluding hydrogens is 136 g/mol. The van der Waals surface area contributed by atoms with Gasteiger partial charge < -0.3 is 4.74 Å². The third-order valence-corrected chi connectivity index (χ3v) is 1.70. The van der Waals surface area contributed by atoms with Gasteiger partial charge >= 0.3 is 0 Å². The molecule has 0 saturated carbocycles. The van der Waals surface area contributed by atoms with Crippen LogP contribution in [0, 0.1) is 5.41 Å². The minimum atomic E-state index is 0.150. The summed E-state index contributed by atoms with van der Waals surface area (Å²) in [7, 11) is 1.68. The molecule has 0 aromatic heterocycles. The first kappa shape index (κ1) is 8.12. The summed E-state index contributed by atoms with van der Waals surface area (Å²) in [4.78, 5) is 0. The fraction of sp³-hybridized carbons (Fsp3) is 0.400. The molecule has 0 aromatic carbocycles. The van der Waals surface area contributed by atoms with Gasteiger partial charge in [0.25, 0.3) is 0 Å². The lowest BCUT2D eigenvalue weighted by molar-refractivity contribution is 0.306. The lowest BCUT2D eigenvalue weighted by Gasteiger charge is -2.12. The number of hydrogen-bond acceptors (Lipinski definition) is 1. The number of rotatable bonds is 1. The standard InChI is InChI=1S/C10H14O/c1-10(2)7-4-5-9(11-3)6-8-10/h4-8H,1-3H3. The number of allylic oxidation sites excluding steroid dienone is 5. The Kier molecular flexibility index (Phi) is 2.18. The van der Waals surface area contributed by atoms with E-state index in [-0.39, 0.29) is 5.41 Å². The maximum absolute atomic E-state index is 5.09. The van der Waals surface area contributed by atoms with Gasteiger partial charge in [0.15, 0.2) is 0 Å². The van der Waals surface area contributed by atoms with Crippen molar-refractivity contribution in [2.24, 2.45) is 5.41 Å². The minimum absolute atomic E-state index is 0.150. The Morgan fingerprint density at radius 2 is 2.00 bits per heavy atom. The van der Waals surface area contributed by atoms with E-state index >= 15 is 0 Å². The van der Waals surface area contributed by atoms with Crippen molar-refractivity contribution in [3.05, 3.63) is 36.1 Å². The number of methoxy groups -OCH3 is 1. The molecule has 1 heteroatoms. The van der Waals surface area contributed by atoms with Gasteiger partial charge in [-0.3, -0.25) is 0 Å². The average Bonchev–Trinajstić information content (AvgIpc) is 2.10. The maximum Gasteiger partial charge on any atom is 0.118 e. The first-order chi connectivity index (χ1) is 5.14. The lowest BCUT2D eigenvalue weighted by atomic mass is 9.93. The predicted molar refractivity (Wildman–Crippen MR) is 47.2 cm³/mol. The first-order valence-electron chi connectivity index (χ1n) is 3.77. The van der Waals surface area contributed by atoms with Gasteiger partial charge in [-0.25, -0.2) is 0 Å². The number of hydrogen-bond donors (Lipinski definition) is 0. The van der Waals surface area contributed by atoms with Gasteiger partial charge in [0, 0.05) is 5.41 Å². The Balaban J connectivity index is 2.83. The third kappa shape index (κ3) is 2.26. The first-order valence-corrected chi connectivity index (χ1v) is 3.77. The van der Waals surface area contributed by atoms with Crippen molar-refractivity contribution in [2.75, 3.05) is 7.11 Å². The van der Waals surface area contributed by atoms with E-state index in [1.54, 1.807) is 7.11 Å². The van der Waals surface area contributed by atoms with Crippen LogP contribution < -0.4 is 0 Å². The average molecular weight is 150 g/mol. The van der Waals surface area contributed by atoms with E-state index in [4.69, 9.17) is 4.74 Å². The van der Waals surface area contributed by atoms with E-state index in [0.717, 1.165) is 5.76 Å². The largest absolute Gasteiger partial charge is 0.497 e. The van der Waals surface area contributed by atoms with Crippen LogP contribution in [0.5, 0.6) is 0 Å². The zero-order valence-electron chi connectivity index (χ0n) is 7.29. The predicted octanol–water partition coefficient (Wildman–Crippen LogP) is 2.67. The van der Waals surface area contributed by atoms with Crippen molar-refractivity contribution in [1.29, 1.82) is 0 Å². The normalized spacial score (nSPS) is 20.8. The van der Waals surface area contributed by atoms with Crippen molar-refractivity contribution < 1.29 is 4.74 Å². The molecule has 1 aliphatic carbocycles. The maximum atomic E-state index is 5.09. The Labute approximate surface area is 68.1 Å². The molecule has 0 saturated heterocycles. The quantitative estimate of drug-likeness (QED) is 0.558. The molecule has 1 nitrogen and oxygen atoms in total. The highest BCUT2D eigenvalue weighted by Gasteiger charge is 2.09. The highest BCUT2D eigenvalue weighted by atomic mass is 16.5. The van der Waals surface area contributed by atoms with Gasteiger partial charge in [-0.05, 0) is 12.2 Å². The summed E-state index contributed by atoms with van der Waals surface area (Å²) in [6.45, 7) is 4.32. The lowest BCUT2D eigenvalue weighted by Crippen LogP contribution is -2.00. The monoisotopic (exact) mass is 150 g/mol. The summed E-state index contributed by atoms with van der Waals surface area (Å²) in [6.07, 6.45) is 10.3. The van der Waals surface area contributed by atoms with E-state index in [0.29, 0.717) is 0 Å². The van der Waals surface area contributed by atoms with Crippen LogP contribution in [-0.2, 0) is 4.74 Å². The van der Waals surface area contributed by atoms with E-state index < -0.39 is 0 Å². The summed E-state index contributed by atoms with van der Waals surface area (Å²) < 4.78 is 5.09. The topological polar surface area (TPSA) is 9.23 Å². The van der Waals surface area contributed by atoms with Crippen LogP contribution >= 0.6 is 0 Å². The summed E-state index contributed by atoms with van der Waals surface area (Å²) in [6, 6.07) is 0. The molecule has 0 aliphatic heterocycles. The second-order valence-electron chi connectivity index (χ2n) is 3.29. The highest BCUT2D eigenvalue weighted by molar-refractivity contribution is 5.26. The van der Waals surface area contributed by atoms with Crippen molar-refractivity contribution in [3.63, 3.8) is 0 Å². The summed E-state index contributed by atoms with van der Waals surface area (Å²) >= 11 is 0. The third-order valence-electron chi connectivity index (χ3n) is 1.70. The van der Waals surface area contributed by atoms with Crippen LogP contribution in [0.2, 0.25) is 0 Å².